The van der Waals surface area contributed by atoms with Gasteiger partial charge in [0.05, 0.1) is 3.79 Å². The summed E-state index contributed by atoms with van der Waals surface area (Å²) in [6, 6.07) is 3.73. The van der Waals surface area contributed by atoms with Gasteiger partial charge in [-0.15, -0.1) is 11.3 Å². The summed E-state index contributed by atoms with van der Waals surface area (Å²) in [5.41, 5.74) is 1.15. The van der Waals surface area contributed by atoms with Gasteiger partial charge in [-0.05, 0) is 57.4 Å². The van der Waals surface area contributed by atoms with Crippen LogP contribution < -0.4 is 10.0 Å². The second kappa shape index (κ2) is 7.85. The Bertz CT molecular complexity index is 666. The monoisotopic (exact) mass is 408 g/mol. The first-order valence-electron chi connectivity index (χ1n) is 6.52. The van der Waals surface area contributed by atoms with Gasteiger partial charge in [-0.1, -0.05) is 6.92 Å². The first kappa shape index (κ1) is 17.1. The summed E-state index contributed by atoms with van der Waals surface area (Å²) in [5, 5.41) is 7.22. The topological polar surface area (TPSA) is 58.2 Å². The van der Waals surface area contributed by atoms with Crippen LogP contribution in [0.2, 0.25) is 0 Å². The van der Waals surface area contributed by atoms with Gasteiger partial charge in [0.1, 0.15) is 4.90 Å². The number of hydrogen-bond donors (Lipinski definition) is 2. The zero-order valence-electron chi connectivity index (χ0n) is 11.6. The predicted octanol–water partition coefficient (Wildman–Crippen LogP) is 3.20. The SMILES string of the molecule is CCNCc1cc(S(=O)(=O)NCCc2ccsc2)c(Br)s1. The molecule has 8 heteroatoms. The molecule has 116 valence electrons. The molecule has 0 bridgehead atoms. The van der Waals surface area contributed by atoms with Crippen LogP contribution >= 0.6 is 38.6 Å². The molecule has 0 saturated carbocycles. The van der Waals surface area contributed by atoms with E-state index >= 15 is 0 Å². The summed E-state index contributed by atoms with van der Waals surface area (Å²) in [5.74, 6) is 0. The molecule has 0 unspecified atom stereocenters. The summed E-state index contributed by atoms with van der Waals surface area (Å²) in [6.07, 6.45) is 0.703. The van der Waals surface area contributed by atoms with Gasteiger partial charge >= 0.3 is 0 Å². The molecule has 2 aromatic heterocycles. The van der Waals surface area contributed by atoms with Crippen LogP contribution in [-0.4, -0.2) is 21.5 Å². The second-order valence-electron chi connectivity index (χ2n) is 4.41. The van der Waals surface area contributed by atoms with Crippen LogP contribution in [-0.2, 0) is 23.0 Å². The quantitative estimate of drug-likeness (QED) is 0.704. The van der Waals surface area contributed by atoms with Gasteiger partial charge in [-0.25, -0.2) is 13.1 Å². The molecule has 2 aromatic rings. The Labute approximate surface area is 141 Å². The summed E-state index contributed by atoms with van der Waals surface area (Å²) in [4.78, 5) is 1.33. The molecule has 0 aliphatic carbocycles. The van der Waals surface area contributed by atoms with Gasteiger partial charge in [0.15, 0.2) is 0 Å². The molecule has 21 heavy (non-hydrogen) atoms. The summed E-state index contributed by atoms with van der Waals surface area (Å²) in [7, 11) is -3.46. The van der Waals surface area contributed by atoms with E-state index in [1.54, 1.807) is 17.4 Å². The second-order valence-corrected chi connectivity index (χ2v) is 9.38. The van der Waals surface area contributed by atoms with E-state index in [-0.39, 0.29) is 0 Å². The molecule has 4 nitrogen and oxygen atoms in total. The first-order chi connectivity index (χ1) is 10.0. The van der Waals surface area contributed by atoms with Gasteiger partial charge in [0.25, 0.3) is 0 Å². The standard InChI is InChI=1S/C13H17BrN2O2S3/c1-2-15-8-11-7-12(13(14)20-11)21(17,18)16-5-3-10-4-6-19-9-10/h4,6-7,9,15-16H,2-3,5,8H2,1H3. The normalized spacial score (nSPS) is 11.9. The lowest BCUT2D eigenvalue weighted by atomic mass is 10.2. The Kier molecular flexibility index (Phi) is 6.39. The smallest absolute Gasteiger partial charge is 0.242 e. The molecule has 0 radical (unpaired) electrons. The van der Waals surface area contributed by atoms with E-state index in [4.69, 9.17) is 0 Å². The van der Waals surface area contributed by atoms with Gasteiger partial charge in [0, 0.05) is 18.0 Å². The largest absolute Gasteiger partial charge is 0.312 e. The molecular weight excluding hydrogens is 392 g/mol. The van der Waals surface area contributed by atoms with Gasteiger partial charge in [-0.3, -0.25) is 0 Å². The van der Waals surface area contributed by atoms with Crippen molar-refractivity contribution in [1.29, 1.82) is 0 Å². The molecular formula is C13H17BrN2O2S3. The van der Waals surface area contributed by atoms with E-state index in [1.165, 1.54) is 11.3 Å². The molecule has 0 aromatic carbocycles. The maximum atomic E-state index is 12.3. The minimum absolute atomic E-state index is 0.325. The molecule has 0 aliphatic rings. The fourth-order valence-electron chi connectivity index (χ4n) is 1.76. The molecule has 2 N–H and O–H groups in total. The lowest BCUT2D eigenvalue weighted by molar-refractivity contribution is 0.581. The summed E-state index contributed by atoms with van der Waals surface area (Å²) < 4.78 is 27.9. The molecule has 0 saturated heterocycles. The lowest BCUT2D eigenvalue weighted by Crippen LogP contribution is -2.25. The fraction of sp³-hybridized carbons (Fsp3) is 0.385. The van der Waals surface area contributed by atoms with E-state index in [9.17, 15) is 8.42 Å². The average Bonchev–Trinajstić information content (AvgIpc) is 3.06. The van der Waals surface area contributed by atoms with Crippen molar-refractivity contribution in [2.45, 2.75) is 24.8 Å². The van der Waals surface area contributed by atoms with E-state index < -0.39 is 10.0 Å². The van der Waals surface area contributed by atoms with Crippen LogP contribution in [0.5, 0.6) is 0 Å². The molecule has 0 amide bonds. The Hall–Kier alpha value is -0.250. The molecule has 2 heterocycles. The van der Waals surface area contributed by atoms with Crippen molar-refractivity contribution in [3.63, 3.8) is 0 Å². The fourth-order valence-corrected chi connectivity index (χ4v) is 6.14. The van der Waals surface area contributed by atoms with Crippen LogP contribution in [0, 0.1) is 0 Å². The Balaban J connectivity index is 1.99. The van der Waals surface area contributed by atoms with E-state index in [0.717, 1.165) is 17.0 Å². The highest BCUT2D eigenvalue weighted by Crippen LogP contribution is 2.31. The lowest BCUT2D eigenvalue weighted by Gasteiger charge is -2.04. The maximum absolute atomic E-state index is 12.3. The van der Waals surface area contributed by atoms with Crippen LogP contribution in [0.25, 0.3) is 0 Å². The van der Waals surface area contributed by atoms with E-state index in [0.29, 0.717) is 28.2 Å². The van der Waals surface area contributed by atoms with Crippen LogP contribution in [0.3, 0.4) is 0 Å². The van der Waals surface area contributed by atoms with Crippen molar-refractivity contribution >= 4 is 48.6 Å². The molecule has 0 fully saturated rings. The highest BCUT2D eigenvalue weighted by molar-refractivity contribution is 9.11. The van der Waals surface area contributed by atoms with Crippen molar-refractivity contribution < 1.29 is 8.42 Å². The highest BCUT2D eigenvalue weighted by atomic mass is 79.9. The Morgan fingerprint density at radius 2 is 2.19 bits per heavy atom. The number of hydrogen-bond acceptors (Lipinski definition) is 5. The van der Waals surface area contributed by atoms with Crippen molar-refractivity contribution in [2.24, 2.45) is 0 Å². The summed E-state index contributed by atoms with van der Waals surface area (Å²) >= 11 is 6.42. The van der Waals surface area contributed by atoms with Crippen molar-refractivity contribution in [1.82, 2.24) is 10.0 Å². The third-order valence-corrected chi connectivity index (χ3v) is 7.28. The number of sulfonamides is 1. The summed E-state index contributed by atoms with van der Waals surface area (Å²) in [6.45, 7) is 3.97. The third-order valence-electron chi connectivity index (χ3n) is 2.83. The van der Waals surface area contributed by atoms with Gasteiger partial charge in [0.2, 0.25) is 10.0 Å². The number of nitrogens with one attached hydrogen (secondary N) is 2. The molecule has 0 aliphatic heterocycles. The Morgan fingerprint density at radius 3 is 2.86 bits per heavy atom. The van der Waals surface area contributed by atoms with Crippen molar-refractivity contribution in [2.75, 3.05) is 13.1 Å². The van der Waals surface area contributed by atoms with Crippen molar-refractivity contribution in [3.05, 3.63) is 37.1 Å². The minimum Gasteiger partial charge on any atom is -0.312 e. The molecule has 2 rings (SSSR count). The number of rotatable bonds is 8. The highest BCUT2D eigenvalue weighted by Gasteiger charge is 2.20. The van der Waals surface area contributed by atoms with Crippen LogP contribution in [0.1, 0.15) is 17.4 Å². The first-order valence-corrected chi connectivity index (χ1v) is 10.6. The number of thiophene rings is 2. The average molecular weight is 409 g/mol. The zero-order valence-corrected chi connectivity index (χ0v) is 15.6. The maximum Gasteiger partial charge on any atom is 0.242 e. The predicted molar refractivity (Wildman–Crippen MR) is 92.6 cm³/mol. The molecule has 0 spiro atoms. The van der Waals surface area contributed by atoms with Gasteiger partial charge < -0.3 is 5.32 Å². The van der Waals surface area contributed by atoms with Crippen LogP contribution in [0.15, 0.2) is 31.6 Å². The molecule has 0 atom stereocenters. The van der Waals surface area contributed by atoms with Crippen LogP contribution in [0.4, 0.5) is 0 Å². The van der Waals surface area contributed by atoms with Crippen molar-refractivity contribution in [3.8, 4) is 0 Å². The minimum atomic E-state index is -3.46. The number of halogens is 1. The third kappa shape index (κ3) is 4.87. The van der Waals surface area contributed by atoms with Gasteiger partial charge in [-0.2, -0.15) is 11.3 Å². The van der Waals surface area contributed by atoms with E-state index in [1.807, 2.05) is 23.8 Å². The zero-order chi connectivity index (χ0) is 15.3. The van der Waals surface area contributed by atoms with E-state index in [2.05, 4.69) is 26.0 Å². The Morgan fingerprint density at radius 1 is 1.38 bits per heavy atom.